The van der Waals surface area contributed by atoms with Crippen LogP contribution in [0.3, 0.4) is 0 Å². The number of phenols is 2. The Morgan fingerprint density at radius 2 is 1.02 bits per heavy atom. The van der Waals surface area contributed by atoms with Crippen LogP contribution in [-0.4, -0.2) is 34.2 Å². The quantitative estimate of drug-likeness (QED) is 0.154. The van der Waals surface area contributed by atoms with Gasteiger partial charge in [0.1, 0.15) is 35.1 Å². The molecule has 0 bridgehead atoms. The molecule has 8 nitrogen and oxygen atoms in total. The monoisotopic (exact) mass is 734 g/mol. The fourth-order valence-corrected chi connectivity index (χ4v) is 7.03. The summed E-state index contributed by atoms with van der Waals surface area (Å²) in [5.41, 5.74) is 3.29. The molecule has 0 saturated carbocycles. The van der Waals surface area contributed by atoms with Crippen molar-refractivity contribution in [1.29, 1.82) is 0 Å². The summed E-state index contributed by atoms with van der Waals surface area (Å²) < 4.78 is 12.3. The lowest BCUT2D eigenvalue weighted by atomic mass is 9.87. The van der Waals surface area contributed by atoms with E-state index in [0.717, 1.165) is 5.56 Å². The Labute approximate surface area is 301 Å². The number of aryl methyl sites for hydroxylation is 1. The summed E-state index contributed by atoms with van der Waals surface area (Å²) in [6.07, 6.45) is -1.88. The summed E-state index contributed by atoms with van der Waals surface area (Å²) in [5.74, 6) is 0.0892. The molecule has 2 aliphatic heterocycles. The first-order valence-corrected chi connectivity index (χ1v) is 16.6. The van der Waals surface area contributed by atoms with Gasteiger partial charge >= 0.3 is 0 Å². The van der Waals surface area contributed by atoms with Crippen molar-refractivity contribution in [3.8, 4) is 23.0 Å². The standard InChI is InChI=1S/C37H26Cl4N2O6/c1-19-2-9-24(42-32(20-3-10-25(44)11-4-20)34(36(42)46)48-30-14-7-22(38)16-27(30)40)18-29(19)43-33(21-5-12-26(45)13-6-21)35(37(43)47)49-31-15-8-23(39)17-28(31)41/h2-18,32-35,44-45H,1H3. The summed E-state index contributed by atoms with van der Waals surface area (Å²) in [4.78, 5) is 31.0. The van der Waals surface area contributed by atoms with E-state index in [1.165, 1.54) is 24.3 Å². The van der Waals surface area contributed by atoms with Crippen molar-refractivity contribution in [2.24, 2.45) is 0 Å². The number of anilines is 2. The Balaban J connectivity index is 1.25. The average molecular weight is 736 g/mol. The molecule has 4 atom stereocenters. The maximum absolute atomic E-state index is 13.9. The summed E-state index contributed by atoms with van der Waals surface area (Å²) in [7, 11) is 0. The van der Waals surface area contributed by atoms with Crippen LogP contribution in [0.1, 0.15) is 28.8 Å². The summed E-state index contributed by atoms with van der Waals surface area (Å²) in [6.45, 7) is 1.87. The van der Waals surface area contributed by atoms with Gasteiger partial charge in [0.05, 0.1) is 10.0 Å². The van der Waals surface area contributed by atoms with Crippen molar-refractivity contribution in [3.63, 3.8) is 0 Å². The molecule has 248 valence electrons. The first-order valence-electron chi connectivity index (χ1n) is 15.1. The van der Waals surface area contributed by atoms with Gasteiger partial charge in [0.25, 0.3) is 11.8 Å². The number of amides is 2. The molecule has 2 amide bonds. The normalized spacial score (nSPS) is 20.1. The Morgan fingerprint density at radius 3 is 1.49 bits per heavy atom. The second-order valence-electron chi connectivity index (χ2n) is 11.7. The highest BCUT2D eigenvalue weighted by molar-refractivity contribution is 6.36. The number of β-lactam (4-membered cyclic amide) rings is 2. The minimum Gasteiger partial charge on any atom is -0.508 e. The van der Waals surface area contributed by atoms with Crippen LogP contribution in [0, 0.1) is 6.92 Å². The van der Waals surface area contributed by atoms with E-state index in [9.17, 15) is 19.8 Å². The first kappa shape index (κ1) is 32.9. The summed E-state index contributed by atoms with van der Waals surface area (Å²) in [6, 6.07) is 26.8. The summed E-state index contributed by atoms with van der Waals surface area (Å²) in [5, 5.41) is 21.3. The number of halogens is 4. The number of aromatic hydroxyl groups is 2. The fourth-order valence-electron chi connectivity index (χ4n) is 6.12. The van der Waals surface area contributed by atoms with Gasteiger partial charge in [-0.25, -0.2) is 0 Å². The zero-order valence-electron chi connectivity index (χ0n) is 25.6. The Bertz CT molecular complexity index is 2090. The lowest BCUT2D eigenvalue weighted by Gasteiger charge is -2.49. The highest BCUT2D eigenvalue weighted by Crippen LogP contribution is 2.48. The lowest BCUT2D eigenvalue weighted by Crippen LogP contribution is -2.62. The highest BCUT2D eigenvalue weighted by Gasteiger charge is 2.54. The number of ether oxygens (including phenoxy) is 2. The van der Waals surface area contributed by atoms with Crippen molar-refractivity contribution >= 4 is 69.6 Å². The van der Waals surface area contributed by atoms with Gasteiger partial charge in [-0.2, -0.15) is 0 Å². The first-order chi connectivity index (χ1) is 23.5. The van der Waals surface area contributed by atoms with Crippen molar-refractivity contribution in [1.82, 2.24) is 0 Å². The van der Waals surface area contributed by atoms with E-state index in [4.69, 9.17) is 55.9 Å². The second-order valence-corrected chi connectivity index (χ2v) is 13.4. The summed E-state index contributed by atoms with van der Waals surface area (Å²) >= 11 is 24.9. The van der Waals surface area contributed by atoms with E-state index in [-0.39, 0.29) is 33.4 Å². The van der Waals surface area contributed by atoms with Gasteiger partial charge in [0.15, 0.2) is 0 Å². The van der Waals surface area contributed by atoms with Crippen LogP contribution < -0.4 is 19.3 Å². The fraction of sp³-hybridized carbons (Fsp3) is 0.135. The number of hydrogen-bond acceptors (Lipinski definition) is 6. The number of hydrogen-bond donors (Lipinski definition) is 2. The molecule has 49 heavy (non-hydrogen) atoms. The molecular weight excluding hydrogens is 710 g/mol. The van der Waals surface area contributed by atoms with Crippen LogP contribution in [0.5, 0.6) is 23.0 Å². The van der Waals surface area contributed by atoms with Gasteiger partial charge in [0, 0.05) is 21.4 Å². The minimum atomic E-state index is -0.941. The van der Waals surface area contributed by atoms with Crippen LogP contribution in [0.4, 0.5) is 11.4 Å². The smallest absolute Gasteiger partial charge is 0.271 e. The SMILES string of the molecule is Cc1ccc(N2C(=O)C(Oc3ccc(Cl)cc3Cl)C2c2ccc(O)cc2)cc1N1C(=O)C(Oc2ccc(Cl)cc2Cl)C1c1ccc(O)cc1. The molecule has 12 heteroatoms. The highest BCUT2D eigenvalue weighted by atomic mass is 35.5. The van der Waals surface area contributed by atoms with Crippen LogP contribution in [0.15, 0.2) is 103 Å². The number of phenolic OH excluding ortho intramolecular Hbond substituents is 2. The van der Waals surface area contributed by atoms with Gasteiger partial charge in [-0.1, -0.05) is 76.7 Å². The molecule has 2 saturated heterocycles. The van der Waals surface area contributed by atoms with Crippen molar-refractivity contribution in [2.45, 2.75) is 31.2 Å². The number of carbonyl (C=O) groups excluding carboxylic acids is 2. The topological polar surface area (TPSA) is 99.5 Å². The Kier molecular flexibility index (Phi) is 8.75. The maximum Gasteiger partial charge on any atom is 0.271 e. The van der Waals surface area contributed by atoms with Crippen molar-refractivity contribution < 1.29 is 29.3 Å². The van der Waals surface area contributed by atoms with Gasteiger partial charge in [-0.05, 0) is 96.4 Å². The molecule has 2 fully saturated rings. The van der Waals surface area contributed by atoms with Crippen LogP contribution in [0.25, 0.3) is 0 Å². The molecule has 5 aromatic rings. The van der Waals surface area contributed by atoms with Crippen molar-refractivity contribution in [3.05, 3.63) is 140 Å². The van der Waals surface area contributed by atoms with Gasteiger partial charge in [-0.15, -0.1) is 0 Å². The van der Waals surface area contributed by atoms with Crippen LogP contribution >= 0.6 is 46.4 Å². The largest absolute Gasteiger partial charge is 0.508 e. The number of nitrogens with zero attached hydrogens (tertiary/aromatic N) is 2. The predicted molar refractivity (Wildman–Crippen MR) is 190 cm³/mol. The molecule has 0 aliphatic carbocycles. The third kappa shape index (κ3) is 6.10. The average Bonchev–Trinajstić information content (AvgIpc) is 3.07. The zero-order valence-corrected chi connectivity index (χ0v) is 28.6. The maximum atomic E-state index is 13.9. The zero-order chi connectivity index (χ0) is 34.6. The molecule has 0 radical (unpaired) electrons. The molecule has 7 rings (SSSR count). The molecule has 4 unspecified atom stereocenters. The van der Waals surface area contributed by atoms with E-state index < -0.39 is 24.3 Å². The van der Waals surface area contributed by atoms with E-state index in [1.54, 1.807) is 82.6 Å². The second kappa shape index (κ2) is 13.0. The molecule has 0 aromatic heterocycles. The van der Waals surface area contributed by atoms with Gasteiger partial charge in [0.2, 0.25) is 12.2 Å². The van der Waals surface area contributed by atoms with Crippen molar-refractivity contribution in [2.75, 3.05) is 9.80 Å². The van der Waals surface area contributed by atoms with Crippen LogP contribution in [0.2, 0.25) is 20.1 Å². The minimum absolute atomic E-state index is 0.0741. The number of carbonyl (C=O) groups is 2. The van der Waals surface area contributed by atoms with E-state index in [0.29, 0.717) is 44.0 Å². The number of rotatable bonds is 8. The van der Waals surface area contributed by atoms with Crippen LogP contribution in [-0.2, 0) is 9.59 Å². The van der Waals surface area contributed by atoms with E-state index >= 15 is 0 Å². The predicted octanol–water partition coefficient (Wildman–Crippen LogP) is 9.09. The molecule has 5 aromatic carbocycles. The lowest BCUT2D eigenvalue weighted by molar-refractivity contribution is -0.135. The third-order valence-electron chi connectivity index (χ3n) is 8.59. The van der Waals surface area contributed by atoms with Gasteiger partial charge in [-0.3, -0.25) is 19.4 Å². The molecule has 0 spiro atoms. The Hall–Kier alpha value is -4.60. The van der Waals surface area contributed by atoms with Gasteiger partial charge < -0.3 is 19.7 Å². The molecule has 2 aliphatic rings. The third-order valence-corrected chi connectivity index (χ3v) is 9.65. The molecular formula is C37H26Cl4N2O6. The molecule has 2 N–H and O–H groups in total. The molecule has 2 heterocycles. The van der Waals surface area contributed by atoms with E-state index in [2.05, 4.69) is 0 Å². The number of benzene rings is 5. The Morgan fingerprint density at radius 1 is 0.571 bits per heavy atom. The van der Waals surface area contributed by atoms with E-state index in [1.807, 2.05) is 13.0 Å².